The van der Waals surface area contributed by atoms with Crippen LogP contribution in [-0.4, -0.2) is 7.11 Å². The molecule has 0 radical (unpaired) electrons. The molecule has 2 aromatic carbocycles. The molecule has 0 amide bonds. The standard InChI is InChI=1S/C15H15F2NO2/c1-19-14-4-2-3-10(15(14)17)9-20-13-6-5-12(16)7-11(13)8-18/h2-7H,8-9,18H2,1H3. The fourth-order valence-electron chi connectivity index (χ4n) is 1.83. The lowest BCUT2D eigenvalue weighted by Gasteiger charge is -2.12. The zero-order chi connectivity index (χ0) is 14.5. The van der Waals surface area contributed by atoms with E-state index in [1.807, 2.05) is 0 Å². The largest absolute Gasteiger partial charge is 0.494 e. The van der Waals surface area contributed by atoms with E-state index in [1.54, 1.807) is 12.1 Å². The Bertz CT molecular complexity index is 602. The molecule has 0 atom stereocenters. The van der Waals surface area contributed by atoms with Gasteiger partial charge in [-0.05, 0) is 24.3 Å². The van der Waals surface area contributed by atoms with Gasteiger partial charge in [-0.15, -0.1) is 0 Å². The number of ether oxygens (including phenoxy) is 2. The summed E-state index contributed by atoms with van der Waals surface area (Å²) in [7, 11) is 1.40. The molecular weight excluding hydrogens is 264 g/mol. The van der Waals surface area contributed by atoms with E-state index in [0.29, 0.717) is 16.9 Å². The summed E-state index contributed by atoms with van der Waals surface area (Å²) in [5.41, 5.74) is 6.42. The first-order valence-electron chi connectivity index (χ1n) is 6.08. The Balaban J connectivity index is 2.17. The molecule has 3 nitrogen and oxygen atoms in total. The summed E-state index contributed by atoms with van der Waals surface area (Å²) >= 11 is 0. The number of rotatable bonds is 5. The van der Waals surface area contributed by atoms with Gasteiger partial charge in [0, 0.05) is 17.7 Å². The number of nitrogens with two attached hydrogens (primary N) is 1. The molecule has 0 aliphatic rings. The summed E-state index contributed by atoms with van der Waals surface area (Å²) in [6, 6.07) is 8.87. The minimum Gasteiger partial charge on any atom is -0.494 e. The molecular formula is C15H15F2NO2. The molecule has 0 saturated heterocycles. The first-order chi connectivity index (χ1) is 9.65. The summed E-state index contributed by atoms with van der Waals surface area (Å²) in [6.45, 7) is 0.162. The third kappa shape index (κ3) is 3.05. The Morgan fingerprint density at radius 2 is 1.85 bits per heavy atom. The van der Waals surface area contributed by atoms with Crippen LogP contribution in [0.5, 0.6) is 11.5 Å². The van der Waals surface area contributed by atoms with E-state index < -0.39 is 5.82 Å². The van der Waals surface area contributed by atoms with Crippen molar-refractivity contribution >= 4 is 0 Å². The van der Waals surface area contributed by atoms with Crippen molar-refractivity contribution in [1.29, 1.82) is 0 Å². The molecule has 20 heavy (non-hydrogen) atoms. The fourth-order valence-corrected chi connectivity index (χ4v) is 1.83. The average molecular weight is 279 g/mol. The maximum atomic E-state index is 13.9. The van der Waals surface area contributed by atoms with Gasteiger partial charge in [-0.25, -0.2) is 8.78 Å². The normalized spacial score (nSPS) is 10.4. The van der Waals surface area contributed by atoms with E-state index in [2.05, 4.69) is 0 Å². The van der Waals surface area contributed by atoms with Crippen LogP contribution in [0.25, 0.3) is 0 Å². The molecule has 0 saturated carbocycles. The van der Waals surface area contributed by atoms with Crippen LogP contribution in [0.1, 0.15) is 11.1 Å². The first-order valence-corrected chi connectivity index (χ1v) is 6.08. The van der Waals surface area contributed by atoms with E-state index in [9.17, 15) is 8.78 Å². The second kappa shape index (κ2) is 6.34. The summed E-state index contributed by atoms with van der Waals surface area (Å²) < 4.78 is 37.4. The number of benzene rings is 2. The lowest BCUT2D eigenvalue weighted by atomic mass is 10.2. The third-order valence-electron chi connectivity index (χ3n) is 2.89. The molecule has 106 valence electrons. The van der Waals surface area contributed by atoms with Gasteiger partial charge in [-0.1, -0.05) is 12.1 Å². The molecule has 0 unspecified atom stereocenters. The molecule has 2 N–H and O–H groups in total. The summed E-state index contributed by atoms with van der Waals surface area (Å²) in [4.78, 5) is 0. The van der Waals surface area contributed by atoms with Crippen LogP contribution in [0.3, 0.4) is 0 Å². The Labute approximate surface area is 115 Å². The second-order valence-electron chi connectivity index (χ2n) is 4.18. The van der Waals surface area contributed by atoms with Gasteiger partial charge >= 0.3 is 0 Å². The zero-order valence-electron chi connectivity index (χ0n) is 11.0. The van der Waals surface area contributed by atoms with Crippen molar-refractivity contribution in [3.63, 3.8) is 0 Å². The van der Waals surface area contributed by atoms with Crippen molar-refractivity contribution in [3.8, 4) is 11.5 Å². The maximum absolute atomic E-state index is 13.9. The maximum Gasteiger partial charge on any atom is 0.171 e. The molecule has 0 heterocycles. The van der Waals surface area contributed by atoms with Crippen LogP contribution >= 0.6 is 0 Å². The molecule has 5 heteroatoms. The summed E-state index contributed by atoms with van der Waals surface area (Å²) in [5, 5.41) is 0. The van der Waals surface area contributed by atoms with Crippen molar-refractivity contribution in [2.24, 2.45) is 5.73 Å². The fraction of sp³-hybridized carbons (Fsp3) is 0.200. The van der Waals surface area contributed by atoms with Gasteiger partial charge in [0.15, 0.2) is 11.6 Å². The van der Waals surface area contributed by atoms with Gasteiger partial charge in [0.05, 0.1) is 7.11 Å². The lowest BCUT2D eigenvalue weighted by molar-refractivity contribution is 0.292. The van der Waals surface area contributed by atoms with E-state index in [-0.39, 0.29) is 24.7 Å². The van der Waals surface area contributed by atoms with Gasteiger partial charge < -0.3 is 15.2 Å². The van der Waals surface area contributed by atoms with Crippen LogP contribution in [0, 0.1) is 11.6 Å². The SMILES string of the molecule is COc1cccc(COc2ccc(F)cc2CN)c1F. The van der Waals surface area contributed by atoms with Crippen LogP contribution in [0.4, 0.5) is 8.78 Å². The smallest absolute Gasteiger partial charge is 0.171 e. The lowest BCUT2D eigenvalue weighted by Crippen LogP contribution is -2.05. The van der Waals surface area contributed by atoms with Gasteiger partial charge in [0.1, 0.15) is 18.2 Å². The Morgan fingerprint density at radius 3 is 2.55 bits per heavy atom. The van der Waals surface area contributed by atoms with E-state index >= 15 is 0 Å². The number of methoxy groups -OCH3 is 1. The van der Waals surface area contributed by atoms with Crippen molar-refractivity contribution in [1.82, 2.24) is 0 Å². The van der Waals surface area contributed by atoms with Crippen LogP contribution in [0.2, 0.25) is 0 Å². The van der Waals surface area contributed by atoms with Gasteiger partial charge in [-0.3, -0.25) is 0 Å². The van der Waals surface area contributed by atoms with Crippen molar-refractivity contribution in [2.45, 2.75) is 13.2 Å². The molecule has 0 fully saturated rings. The predicted molar refractivity (Wildman–Crippen MR) is 71.6 cm³/mol. The van der Waals surface area contributed by atoms with Crippen molar-refractivity contribution in [3.05, 3.63) is 59.2 Å². The Hall–Kier alpha value is -2.14. The molecule has 0 aromatic heterocycles. The Morgan fingerprint density at radius 1 is 1.05 bits per heavy atom. The molecule has 0 bridgehead atoms. The molecule has 0 aliphatic carbocycles. The highest BCUT2D eigenvalue weighted by Crippen LogP contribution is 2.24. The highest BCUT2D eigenvalue weighted by atomic mass is 19.1. The first kappa shape index (κ1) is 14.3. The summed E-state index contributed by atoms with van der Waals surface area (Å²) in [6.07, 6.45) is 0. The third-order valence-corrected chi connectivity index (χ3v) is 2.89. The molecule has 0 spiro atoms. The minimum atomic E-state index is -0.466. The van der Waals surface area contributed by atoms with E-state index in [4.69, 9.17) is 15.2 Å². The minimum absolute atomic E-state index is 0.0155. The number of halogens is 2. The quantitative estimate of drug-likeness (QED) is 0.915. The van der Waals surface area contributed by atoms with Crippen LogP contribution in [0.15, 0.2) is 36.4 Å². The number of hydrogen-bond acceptors (Lipinski definition) is 3. The van der Waals surface area contributed by atoms with Gasteiger partial charge in [-0.2, -0.15) is 0 Å². The topological polar surface area (TPSA) is 44.5 Å². The summed E-state index contributed by atoms with van der Waals surface area (Å²) in [5.74, 6) is -0.253. The van der Waals surface area contributed by atoms with Crippen molar-refractivity contribution in [2.75, 3.05) is 7.11 Å². The molecule has 2 rings (SSSR count). The Kier molecular flexibility index (Phi) is 4.53. The zero-order valence-corrected chi connectivity index (χ0v) is 11.0. The van der Waals surface area contributed by atoms with Gasteiger partial charge in [0.2, 0.25) is 0 Å². The van der Waals surface area contributed by atoms with Crippen LogP contribution < -0.4 is 15.2 Å². The second-order valence-corrected chi connectivity index (χ2v) is 4.18. The van der Waals surface area contributed by atoms with E-state index in [1.165, 1.54) is 31.4 Å². The monoisotopic (exact) mass is 279 g/mol. The highest BCUT2D eigenvalue weighted by molar-refractivity contribution is 5.35. The number of hydrogen-bond donors (Lipinski definition) is 1. The molecule has 2 aromatic rings. The van der Waals surface area contributed by atoms with E-state index in [0.717, 1.165) is 0 Å². The predicted octanol–water partition coefficient (Wildman–Crippen LogP) is 3.01. The highest BCUT2D eigenvalue weighted by Gasteiger charge is 2.10. The van der Waals surface area contributed by atoms with Crippen molar-refractivity contribution < 1.29 is 18.3 Å². The van der Waals surface area contributed by atoms with Gasteiger partial charge in [0.25, 0.3) is 0 Å². The molecule has 0 aliphatic heterocycles. The average Bonchev–Trinajstić information content (AvgIpc) is 2.47. The van der Waals surface area contributed by atoms with Crippen LogP contribution in [-0.2, 0) is 13.2 Å².